The van der Waals surface area contributed by atoms with E-state index in [1.807, 2.05) is 25.1 Å². The summed E-state index contributed by atoms with van der Waals surface area (Å²) in [5.74, 6) is 0.370. The molecule has 1 N–H and O–H groups in total. The van der Waals surface area contributed by atoms with Gasteiger partial charge in [-0.25, -0.2) is 13.4 Å². The summed E-state index contributed by atoms with van der Waals surface area (Å²) in [6.45, 7) is 1.99. The van der Waals surface area contributed by atoms with Gasteiger partial charge in [0.1, 0.15) is 5.82 Å². The maximum Gasteiger partial charge on any atom is 0.258 e. The quantitative estimate of drug-likeness (QED) is 0.693. The van der Waals surface area contributed by atoms with E-state index in [-0.39, 0.29) is 23.0 Å². The molecule has 1 aliphatic carbocycles. The number of aromatic nitrogens is 2. The molecular weight excluding hydrogens is 386 g/mol. The summed E-state index contributed by atoms with van der Waals surface area (Å²) in [5, 5.41) is 0.502. The van der Waals surface area contributed by atoms with E-state index in [4.69, 9.17) is 0 Å². The Morgan fingerprint density at radius 1 is 1.03 bits per heavy atom. The normalized spacial score (nSPS) is 15.8. The minimum atomic E-state index is -3.71. The van der Waals surface area contributed by atoms with Gasteiger partial charge >= 0.3 is 0 Å². The molecule has 4 rings (SSSR count). The number of fused-ring (bicyclic) bond motifs is 1. The molecule has 7 heteroatoms. The molecule has 1 saturated carbocycles. The first-order valence-electron chi connectivity index (χ1n) is 10.0. The fourth-order valence-electron chi connectivity index (χ4n) is 3.98. The lowest BCUT2D eigenvalue weighted by atomic mass is 9.95. The molecule has 1 fully saturated rings. The standard InChI is InChI=1S/C22H25N3O3S/c1-16-11-13-18(14-12-16)29(27,28)25(17-7-3-2-4-8-17)15-21-23-20-10-6-5-9-19(20)22(26)24-21/h5-6,9-14,17H,2-4,7-8,15H2,1H3,(H,23,24,26). The van der Waals surface area contributed by atoms with E-state index in [0.29, 0.717) is 16.7 Å². The average Bonchev–Trinajstić information content (AvgIpc) is 2.73. The summed E-state index contributed by atoms with van der Waals surface area (Å²) in [7, 11) is -3.71. The summed E-state index contributed by atoms with van der Waals surface area (Å²) >= 11 is 0. The molecule has 0 bridgehead atoms. The van der Waals surface area contributed by atoms with Crippen molar-refractivity contribution in [3.05, 3.63) is 70.3 Å². The molecule has 0 amide bonds. The van der Waals surface area contributed by atoms with Crippen molar-refractivity contribution in [2.24, 2.45) is 0 Å². The van der Waals surface area contributed by atoms with Crippen molar-refractivity contribution in [1.29, 1.82) is 0 Å². The highest BCUT2D eigenvalue weighted by molar-refractivity contribution is 7.89. The number of nitrogens with one attached hydrogen (secondary N) is 1. The smallest absolute Gasteiger partial charge is 0.258 e. The molecule has 0 saturated heterocycles. The average molecular weight is 412 g/mol. The van der Waals surface area contributed by atoms with E-state index in [1.165, 1.54) is 4.31 Å². The van der Waals surface area contributed by atoms with Gasteiger partial charge in [0, 0.05) is 6.04 Å². The SMILES string of the molecule is Cc1ccc(S(=O)(=O)N(Cc2nc3ccccc3c(=O)[nH]2)C2CCCCC2)cc1. The first-order chi connectivity index (χ1) is 13.9. The van der Waals surface area contributed by atoms with Crippen LogP contribution in [0.25, 0.3) is 10.9 Å². The van der Waals surface area contributed by atoms with Gasteiger partial charge in [-0.3, -0.25) is 4.79 Å². The number of rotatable bonds is 5. The molecule has 152 valence electrons. The maximum atomic E-state index is 13.5. The van der Waals surface area contributed by atoms with E-state index < -0.39 is 10.0 Å². The molecule has 29 heavy (non-hydrogen) atoms. The number of hydrogen-bond acceptors (Lipinski definition) is 4. The number of H-pyrrole nitrogens is 1. The second kappa shape index (κ2) is 8.08. The van der Waals surface area contributed by atoms with Gasteiger partial charge < -0.3 is 4.98 Å². The molecule has 6 nitrogen and oxygen atoms in total. The molecule has 1 heterocycles. The predicted octanol–water partition coefficient (Wildman–Crippen LogP) is 3.76. The first kappa shape index (κ1) is 19.8. The topological polar surface area (TPSA) is 83.1 Å². The highest BCUT2D eigenvalue weighted by Gasteiger charge is 2.33. The van der Waals surface area contributed by atoms with Crippen LogP contribution >= 0.6 is 0 Å². The van der Waals surface area contributed by atoms with Gasteiger partial charge in [-0.05, 0) is 44.0 Å². The van der Waals surface area contributed by atoms with E-state index in [0.717, 1.165) is 37.7 Å². The third-order valence-corrected chi connectivity index (χ3v) is 7.49. The summed E-state index contributed by atoms with van der Waals surface area (Å²) in [5.41, 5.74) is 1.33. The van der Waals surface area contributed by atoms with Crippen LogP contribution in [0.4, 0.5) is 0 Å². The Morgan fingerprint density at radius 2 is 1.72 bits per heavy atom. The number of aromatic amines is 1. The van der Waals surface area contributed by atoms with Gasteiger partial charge in [-0.2, -0.15) is 4.31 Å². The lowest BCUT2D eigenvalue weighted by Crippen LogP contribution is -2.41. The fourth-order valence-corrected chi connectivity index (χ4v) is 5.63. The van der Waals surface area contributed by atoms with Gasteiger partial charge in [0.25, 0.3) is 5.56 Å². The van der Waals surface area contributed by atoms with Crippen LogP contribution in [-0.4, -0.2) is 28.7 Å². The number of aryl methyl sites for hydroxylation is 1. The fraction of sp³-hybridized carbons (Fsp3) is 0.364. The van der Waals surface area contributed by atoms with Gasteiger partial charge in [-0.15, -0.1) is 0 Å². The van der Waals surface area contributed by atoms with Gasteiger partial charge in [0.15, 0.2) is 0 Å². The molecular formula is C22H25N3O3S. The first-order valence-corrected chi connectivity index (χ1v) is 11.5. The number of sulfonamides is 1. The molecule has 1 aromatic heterocycles. The zero-order valence-electron chi connectivity index (χ0n) is 16.5. The van der Waals surface area contributed by atoms with Crippen LogP contribution in [-0.2, 0) is 16.6 Å². The minimum Gasteiger partial charge on any atom is -0.309 e. The van der Waals surface area contributed by atoms with Crippen LogP contribution in [0, 0.1) is 6.92 Å². The van der Waals surface area contributed by atoms with Gasteiger partial charge in [-0.1, -0.05) is 49.1 Å². The van der Waals surface area contributed by atoms with Crippen molar-refractivity contribution in [1.82, 2.24) is 14.3 Å². The Hall–Kier alpha value is -2.51. The Bertz CT molecular complexity index is 1160. The molecule has 0 aliphatic heterocycles. The van der Waals surface area contributed by atoms with Crippen LogP contribution in [0.3, 0.4) is 0 Å². The van der Waals surface area contributed by atoms with E-state index >= 15 is 0 Å². The Morgan fingerprint density at radius 3 is 2.45 bits per heavy atom. The van der Waals surface area contributed by atoms with Crippen molar-refractivity contribution in [2.45, 2.75) is 56.5 Å². The lowest BCUT2D eigenvalue weighted by molar-refractivity contribution is 0.244. The van der Waals surface area contributed by atoms with E-state index in [9.17, 15) is 13.2 Å². The monoisotopic (exact) mass is 411 g/mol. The molecule has 0 unspecified atom stereocenters. The lowest BCUT2D eigenvalue weighted by Gasteiger charge is -2.33. The minimum absolute atomic E-state index is 0.0565. The van der Waals surface area contributed by atoms with Gasteiger partial charge in [0.05, 0.1) is 22.3 Å². The molecule has 0 spiro atoms. The molecule has 0 atom stereocenters. The highest BCUT2D eigenvalue weighted by atomic mass is 32.2. The number of para-hydroxylation sites is 1. The summed E-state index contributed by atoms with van der Waals surface area (Å²) in [6, 6.07) is 13.9. The zero-order valence-corrected chi connectivity index (χ0v) is 17.3. The van der Waals surface area contributed by atoms with Crippen LogP contribution in [0.5, 0.6) is 0 Å². The molecule has 2 aromatic carbocycles. The largest absolute Gasteiger partial charge is 0.309 e. The summed E-state index contributed by atoms with van der Waals surface area (Å²) in [4.78, 5) is 20.0. The zero-order chi connectivity index (χ0) is 20.4. The van der Waals surface area contributed by atoms with Crippen LogP contribution in [0.15, 0.2) is 58.2 Å². The molecule has 0 radical (unpaired) electrons. The van der Waals surface area contributed by atoms with Crippen molar-refractivity contribution in [2.75, 3.05) is 0 Å². The second-order valence-corrected chi connectivity index (χ2v) is 9.58. The summed E-state index contributed by atoms with van der Waals surface area (Å²) < 4.78 is 28.5. The summed E-state index contributed by atoms with van der Waals surface area (Å²) in [6.07, 6.45) is 4.78. The van der Waals surface area contributed by atoms with Crippen molar-refractivity contribution in [3.63, 3.8) is 0 Å². The van der Waals surface area contributed by atoms with E-state index in [1.54, 1.807) is 30.3 Å². The number of hydrogen-bond donors (Lipinski definition) is 1. The second-order valence-electron chi connectivity index (χ2n) is 7.68. The van der Waals surface area contributed by atoms with Gasteiger partial charge in [0.2, 0.25) is 10.0 Å². The highest BCUT2D eigenvalue weighted by Crippen LogP contribution is 2.29. The van der Waals surface area contributed by atoms with Crippen LogP contribution < -0.4 is 5.56 Å². The molecule has 1 aliphatic rings. The van der Waals surface area contributed by atoms with E-state index in [2.05, 4.69) is 9.97 Å². The third-order valence-electron chi connectivity index (χ3n) is 5.58. The van der Waals surface area contributed by atoms with Crippen LogP contribution in [0.1, 0.15) is 43.5 Å². The number of nitrogens with zero attached hydrogens (tertiary/aromatic N) is 2. The number of benzene rings is 2. The predicted molar refractivity (Wildman–Crippen MR) is 113 cm³/mol. The molecule has 3 aromatic rings. The Balaban J connectivity index is 1.75. The van der Waals surface area contributed by atoms with Crippen LogP contribution in [0.2, 0.25) is 0 Å². The van der Waals surface area contributed by atoms with Crippen molar-refractivity contribution in [3.8, 4) is 0 Å². The maximum absolute atomic E-state index is 13.5. The van der Waals surface area contributed by atoms with Crippen molar-refractivity contribution < 1.29 is 8.42 Å². The van der Waals surface area contributed by atoms with Crippen molar-refractivity contribution >= 4 is 20.9 Å². The Labute approximate surface area is 170 Å². The Kier molecular flexibility index (Phi) is 5.52. The third kappa shape index (κ3) is 4.11.